The van der Waals surface area contributed by atoms with E-state index in [1.165, 1.54) is 12.1 Å². The lowest BCUT2D eigenvalue weighted by molar-refractivity contribution is 0.0942. The van der Waals surface area contributed by atoms with Crippen molar-refractivity contribution in [1.82, 2.24) is 20.4 Å². The maximum absolute atomic E-state index is 13.7. The first-order valence-corrected chi connectivity index (χ1v) is 10.9. The molecule has 168 valence electrons. The molecule has 4 rings (SSSR count). The van der Waals surface area contributed by atoms with Gasteiger partial charge in [-0.05, 0) is 49.6 Å². The maximum atomic E-state index is 13.7. The lowest BCUT2D eigenvalue weighted by atomic mass is 10.0. The van der Waals surface area contributed by atoms with Crippen molar-refractivity contribution in [1.29, 1.82) is 0 Å². The number of nitrogens with one attached hydrogen (secondary N) is 1. The van der Waals surface area contributed by atoms with Gasteiger partial charge < -0.3 is 14.1 Å². The van der Waals surface area contributed by atoms with Gasteiger partial charge in [-0.1, -0.05) is 35.9 Å². The van der Waals surface area contributed by atoms with Gasteiger partial charge >= 0.3 is 6.09 Å². The SMILES string of the molecule is CCOC(=O)N1CCC(N[C@H](c2nnc(-c3ccccc3)o2)c2ccc(F)cc2Cl)CC1. The van der Waals surface area contributed by atoms with Crippen LogP contribution in [0.1, 0.15) is 37.3 Å². The lowest BCUT2D eigenvalue weighted by Crippen LogP contribution is -2.46. The Balaban J connectivity index is 1.56. The third-order valence-corrected chi connectivity index (χ3v) is 5.73. The van der Waals surface area contributed by atoms with Gasteiger partial charge in [0, 0.05) is 29.7 Å². The molecule has 0 radical (unpaired) electrons. The van der Waals surface area contributed by atoms with E-state index in [0.29, 0.717) is 49.9 Å². The molecule has 1 saturated heterocycles. The van der Waals surface area contributed by atoms with Crippen LogP contribution in [-0.2, 0) is 4.74 Å². The maximum Gasteiger partial charge on any atom is 0.409 e. The molecule has 32 heavy (non-hydrogen) atoms. The number of piperidine rings is 1. The predicted octanol–water partition coefficient (Wildman–Crippen LogP) is 4.83. The number of halogens is 2. The highest BCUT2D eigenvalue weighted by molar-refractivity contribution is 6.31. The first-order chi connectivity index (χ1) is 15.5. The summed E-state index contributed by atoms with van der Waals surface area (Å²) >= 11 is 6.38. The summed E-state index contributed by atoms with van der Waals surface area (Å²) in [6, 6.07) is 13.3. The minimum Gasteiger partial charge on any atom is -0.450 e. The first-order valence-electron chi connectivity index (χ1n) is 10.6. The highest BCUT2D eigenvalue weighted by Crippen LogP contribution is 2.31. The zero-order valence-electron chi connectivity index (χ0n) is 17.6. The Morgan fingerprint density at radius 3 is 2.69 bits per heavy atom. The Morgan fingerprint density at radius 2 is 2.00 bits per heavy atom. The minimum atomic E-state index is -0.521. The third-order valence-electron chi connectivity index (χ3n) is 5.41. The number of rotatable bonds is 6. The monoisotopic (exact) mass is 458 g/mol. The van der Waals surface area contributed by atoms with Crippen LogP contribution in [0.5, 0.6) is 0 Å². The van der Waals surface area contributed by atoms with E-state index in [4.69, 9.17) is 20.8 Å². The number of hydrogen-bond donors (Lipinski definition) is 1. The molecule has 9 heteroatoms. The standard InChI is InChI=1S/C23H24ClFN4O3/c1-2-31-23(30)29-12-10-17(11-13-29)26-20(18-9-8-16(25)14-19(18)24)22-28-27-21(32-22)15-6-4-3-5-7-15/h3-9,14,17,20,26H,2,10-13H2,1H3/t20-/m0/s1. The number of ether oxygens (including phenoxy) is 1. The number of carbonyl (C=O) groups excluding carboxylic acids is 1. The number of nitrogens with zero attached hydrogens (tertiary/aromatic N) is 3. The molecule has 0 aliphatic carbocycles. The van der Waals surface area contributed by atoms with Gasteiger partial charge in [0.05, 0.1) is 6.61 Å². The van der Waals surface area contributed by atoms with Crippen molar-refractivity contribution in [2.75, 3.05) is 19.7 Å². The van der Waals surface area contributed by atoms with Crippen LogP contribution in [-0.4, -0.2) is 46.9 Å². The molecule has 1 atom stereocenters. The number of aromatic nitrogens is 2. The van der Waals surface area contributed by atoms with E-state index < -0.39 is 11.9 Å². The second-order valence-electron chi connectivity index (χ2n) is 7.54. The van der Waals surface area contributed by atoms with E-state index in [-0.39, 0.29) is 17.2 Å². The average molecular weight is 459 g/mol. The third kappa shape index (κ3) is 5.08. The number of likely N-dealkylation sites (tertiary alicyclic amines) is 1. The quantitative estimate of drug-likeness (QED) is 0.570. The van der Waals surface area contributed by atoms with Gasteiger partial charge in [0.15, 0.2) is 0 Å². The summed E-state index contributed by atoms with van der Waals surface area (Å²) in [5, 5.41) is 12.2. The molecule has 1 aromatic heterocycles. The average Bonchev–Trinajstić information content (AvgIpc) is 3.29. The molecule has 3 aromatic rings. The fraction of sp³-hybridized carbons (Fsp3) is 0.348. The largest absolute Gasteiger partial charge is 0.450 e. The van der Waals surface area contributed by atoms with Crippen molar-refractivity contribution < 1.29 is 18.3 Å². The fourth-order valence-electron chi connectivity index (χ4n) is 3.76. The second-order valence-corrected chi connectivity index (χ2v) is 7.94. The normalized spacial score (nSPS) is 15.5. The van der Waals surface area contributed by atoms with Gasteiger partial charge in [-0.3, -0.25) is 5.32 Å². The fourth-order valence-corrected chi connectivity index (χ4v) is 4.03. The number of carbonyl (C=O) groups is 1. The molecular weight excluding hydrogens is 435 g/mol. The first kappa shape index (κ1) is 22.2. The molecule has 0 bridgehead atoms. The van der Waals surface area contributed by atoms with Crippen molar-refractivity contribution in [3.05, 3.63) is 70.8 Å². The Morgan fingerprint density at radius 1 is 1.25 bits per heavy atom. The highest BCUT2D eigenvalue weighted by atomic mass is 35.5. The van der Waals surface area contributed by atoms with Crippen LogP contribution in [0.2, 0.25) is 5.02 Å². The summed E-state index contributed by atoms with van der Waals surface area (Å²) < 4.78 is 24.7. The molecule has 2 aromatic carbocycles. The van der Waals surface area contributed by atoms with Crippen LogP contribution >= 0.6 is 11.6 Å². The zero-order chi connectivity index (χ0) is 22.5. The van der Waals surface area contributed by atoms with Crippen LogP contribution in [0.25, 0.3) is 11.5 Å². The smallest absolute Gasteiger partial charge is 0.409 e. The summed E-state index contributed by atoms with van der Waals surface area (Å²) in [6.45, 7) is 3.28. The van der Waals surface area contributed by atoms with Crippen molar-refractivity contribution in [3.8, 4) is 11.5 Å². The van der Waals surface area contributed by atoms with Crippen molar-refractivity contribution in [2.45, 2.75) is 31.8 Å². The number of hydrogen-bond acceptors (Lipinski definition) is 6. The Bertz CT molecular complexity index is 1050. The summed E-state index contributed by atoms with van der Waals surface area (Å²) in [6.07, 6.45) is 1.13. The molecule has 0 saturated carbocycles. The topological polar surface area (TPSA) is 80.5 Å². The van der Waals surface area contributed by atoms with Crippen molar-refractivity contribution in [3.63, 3.8) is 0 Å². The molecule has 2 heterocycles. The van der Waals surface area contributed by atoms with E-state index in [0.717, 1.165) is 5.56 Å². The van der Waals surface area contributed by atoms with Crippen molar-refractivity contribution in [2.24, 2.45) is 0 Å². The van der Waals surface area contributed by atoms with Crippen LogP contribution < -0.4 is 5.32 Å². The molecule has 1 aliphatic heterocycles. The van der Waals surface area contributed by atoms with E-state index >= 15 is 0 Å². The van der Waals surface area contributed by atoms with Crippen molar-refractivity contribution >= 4 is 17.7 Å². The van der Waals surface area contributed by atoms with Crippen LogP contribution in [0.4, 0.5) is 9.18 Å². The number of benzene rings is 2. The summed E-state index contributed by atoms with van der Waals surface area (Å²) in [4.78, 5) is 13.7. The molecule has 1 aliphatic rings. The molecule has 0 unspecified atom stereocenters. The number of amides is 1. The van der Waals surface area contributed by atoms with Gasteiger partial charge in [-0.2, -0.15) is 0 Å². The zero-order valence-corrected chi connectivity index (χ0v) is 18.4. The molecule has 1 amide bonds. The lowest BCUT2D eigenvalue weighted by Gasteiger charge is -2.33. The van der Waals surface area contributed by atoms with Gasteiger partial charge in [0.1, 0.15) is 11.9 Å². The molecule has 1 fully saturated rings. The van der Waals surface area contributed by atoms with Crippen LogP contribution in [0.15, 0.2) is 52.9 Å². The van der Waals surface area contributed by atoms with E-state index in [1.807, 2.05) is 30.3 Å². The summed E-state index contributed by atoms with van der Waals surface area (Å²) in [7, 11) is 0. The van der Waals surface area contributed by atoms with E-state index in [9.17, 15) is 9.18 Å². The predicted molar refractivity (Wildman–Crippen MR) is 118 cm³/mol. The highest BCUT2D eigenvalue weighted by Gasteiger charge is 2.30. The van der Waals surface area contributed by atoms with Gasteiger partial charge in [0.25, 0.3) is 0 Å². The second kappa shape index (κ2) is 10.1. The minimum absolute atomic E-state index is 0.0684. The molecule has 1 N–H and O–H groups in total. The van der Waals surface area contributed by atoms with E-state index in [2.05, 4.69) is 15.5 Å². The Labute approximate surface area is 190 Å². The van der Waals surface area contributed by atoms with Crippen LogP contribution in [0.3, 0.4) is 0 Å². The summed E-state index contributed by atoms with van der Waals surface area (Å²) in [5.74, 6) is 0.309. The molecular formula is C23H24ClFN4O3. The van der Waals surface area contributed by atoms with E-state index in [1.54, 1.807) is 17.9 Å². The Hall–Kier alpha value is -2.97. The summed E-state index contributed by atoms with van der Waals surface area (Å²) in [5.41, 5.74) is 1.45. The van der Waals surface area contributed by atoms with Gasteiger partial charge in [-0.15, -0.1) is 10.2 Å². The molecule has 7 nitrogen and oxygen atoms in total. The Kier molecular flexibility index (Phi) is 7.02. The molecule has 0 spiro atoms. The van der Waals surface area contributed by atoms with Crippen LogP contribution in [0, 0.1) is 5.82 Å². The van der Waals surface area contributed by atoms with Gasteiger partial charge in [-0.25, -0.2) is 9.18 Å². The van der Waals surface area contributed by atoms with Gasteiger partial charge in [0.2, 0.25) is 11.8 Å².